The van der Waals surface area contributed by atoms with Crippen molar-refractivity contribution in [1.29, 1.82) is 0 Å². The van der Waals surface area contributed by atoms with Crippen LogP contribution in [-0.2, 0) is 0 Å². The van der Waals surface area contributed by atoms with Crippen molar-refractivity contribution in [2.75, 3.05) is 5.32 Å². The number of rotatable bonds is 2. The Labute approximate surface area is 124 Å². The first-order chi connectivity index (χ1) is 9.72. The average Bonchev–Trinajstić information content (AvgIpc) is 2.47. The van der Waals surface area contributed by atoms with E-state index in [0.717, 1.165) is 15.2 Å². The Morgan fingerprint density at radius 3 is 2.50 bits per heavy atom. The number of fused-ring (bicyclic) bond motifs is 1. The van der Waals surface area contributed by atoms with E-state index in [2.05, 4.69) is 31.2 Å². The second-order valence-corrected chi connectivity index (χ2v) is 5.20. The molecule has 5 heteroatoms. The molecule has 0 atom stereocenters. The lowest BCUT2D eigenvalue weighted by Crippen LogP contribution is -2.12. The normalized spacial score (nSPS) is 10.4. The maximum Gasteiger partial charge on any atom is 0.255 e. The fraction of sp³-hybridized carbons (Fsp3) is 0. The van der Waals surface area contributed by atoms with Gasteiger partial charge >= 0.3 is 0 Å². The lowest BCUT2D eigenvalue weighted by Gasteiger charge is -2.05. The van der Waals surface area contributed by atoms with Gasteiger partial charge in [-0.2, -0.15) is 0 Å². The lowest BCUT2D eigenvalue weighted by atomic mass is 10.1. The Balaban J connectivity index is 1.90. The molecule has 0 radical (unpaired) electrons. The highest BCUT2D eigenvalue weighted by Gasteiger charge is 2.07. The summed E-state index contributed by atoms with van der Waals surface area (Å²) in [6.45, 7) is 0. The van der Waals surface area contributed by atoms with Crippen LogP contribution in [0.2, 0.25) is 0 Å². The van der Waals surface area contributed by atoms with Crippen molar-refractivity contribution in [3.8, 4) is 0 Å². The van der Waals surface area contributed by atoms with Crippen LogP contribution in [0.1, 0.15) is 10.4 Å². The fourth-order valence-corrected chi connectivity index (χ4v) is 2.30. The third-order valence-electron chi connectivity index (χ3n) is 2.88. The van der Waals surface area contributed by atoms with E-state index in [4.69, 9.17) is 0 Å². The van der Waals surface area contributed by atoms with Crippen LogP contribution in [0.15, 0.2) is 59.6 Å². The second kappa shape index (κ2) is 5.38. The van der Waals surface area contributed by atoms with Gasteiger partial charge in [-0.3, -0.25) is 4.79 Å². The smallest absolute Gasteiger partial charge is 0.255 e. The van der Waals surface area contributed by atoms with Gasteiger partial charge in [0.2, 0.25) is 0 Å². The minimum absolute atomic E-state index is 0.176. The van der Waals surface area contributed by atoms with Crippen LogP contribution < -0.4 is 5.32 Å². The summed E-state index contributed by atoms with van der Waals surface area (Å²) in [6, 6.07) is 11.5. The predicted molar refractivity (Wildman–Crippen MR) is 81.6 cm³/mol. The van der Waals surface area contributed by atoms with Crippen LogP contribution in [0.5, 0.6) is 0 Å². The molecule has 4 nitrogen and oxygen atoms in total. The molecule has 1 N–H and O–H groups in total. The van der Waals surface area contributed by atoms with Crippen molar-refractivity contribution >= 4 is 38.3 Å². The van der Waals surface area contributed by atoms with Gasteiger partial charge in [0, 0.05) is 10.0 Å². The number of amides is 1. The highest BCUT2D eigenvalue weighted by atomic mass is 79.9. The van der Waals surface area contributed by atoms with Crippen molar-refractivity contribution in [2.24, 2.45) is 0 Å². The number of benzene rings is 2. The second-order valence-electron chi connectivity index (χ2n) is 4.29. The molecule has 2 aromatic carbocycles. The summed E-state index contributed by atoms with van der Waals surface area (Å²) in [5, 5.41) is 4.86. The molecule has 0 saturated heterocycles. The van der Waals surface area contributed by atoms with E-state index in [1.807, 2.05) is 30.3 Å². The Morgan fingerprint density at radius 2 is 1.70 bits per heavy atom. The number of halogens is 1. The first-order valence-corrected chi connectivity index (χ1v) is 6.77. The topological polar surface area (TPSA) is 54.9 Å². The molecule has 20 heavy (non-hydrogen) atoms. The molecule has 1 amide bonds. The zero-order valence-corrected chi connectivity index (χ0v) is 12.0. The molecule has 3 aromatic rings. The largest absolute Gasteiger partial charge is 0.319 e. The number of nitrogens with one attached hydrogen (secondary N) is 1. The van der Waals surface area contributed by atoms with Gasteiger partial charge < -0.3 is 5.32 Å². The first kappa shape index (κ1) is 12.7. The number of aromatic nitrogens is 2. The van der Waals surface area contributed by atoms with Crippen molar-refractivity contribution in [3.05, 3.63) is 65.2 Å². The van der Waals surface area contributed by atoms with Crippen LogP contribution in [0.25, 0.3) is 10.8 Å². The van der Waals surface area contributed by atoms with Gasteiger partial charge in [-0.05, 0) is 35.0 Å². The summed E-state index contributed by atoms with van der Waals surface area (Å²) in [7, 11) is 0. The molecule has 0 unspecified atom stereocenters. The number of hydrogen-bond donors (Lipinski definition) is 1. The van der Waals surface area contributed by atoms with Gasteiger partial charge in [-0.15, -0.1) is 0 Å². The highest BCUT2D eigenvalue weighted by molar-refractivity contribution is 9.10. The fourth-order valence-electron chi connectivity index (χ4n) is 1.92. The molecule has 3 rings (SSSR count). The minimum atomic E-state index is -0.176. The minimum Gasteiger partial charge on any atom is -0.319 e. The van der Waals surface area contributed by atoms with Gasteiger partial charge in [-0.25, -0.2) is 9.97 Å². The number of anilines is 1. The Bertz CT molecular complexity index is 774. The highest BCUT2D eigenvalue weighted by Crippen LogP contribution is 2.21. The molecule has 0 spiro atoms. The Hall–Kier alpha value is -2.27. The van der Waals surface area contributed by atoms with E-state index in [1.165, 1.54) is 6.33 Å². The van der Waals surface area contributed by atoms with Gasteiger partial charge in [-0.1, -0.05) is 28.1 Å². The Morgan fingerprint density at radius 1 is 1.00 bits per heavy atom. The van der Waals surface area contributed by atoms with Gasteiger partial charge in [0.25, 0.3) is 5.91 Å². The number of carbonyl (C=O) groups excluding carboxylic acids is 1. The maximum absolute atomic E-state index is 12.1. The first-order valence-electron chi connectivity index (χ1n) is 5.98. The summed E-state index contributed by atoms with van der Waals surface area (Å²) in [4.78, 5) is 19.9. The van der Waals surface area contributed by atoms with E-state index < -0.39 is 0 Å². The molecule has 1 heterocycles. The summed E-state index contributed by atoms with van der Waals surface area (Å²) in [5.41, 5.74) is 1.18. The summed E-state index contributed by atoms with van der Waals surface area (Å²) in [6.07, 6.45) is 4.54. The van der Waals surface area contributed by atoms with E-state index in [1.54, 1.807) is 18.5 Å². The van der Waals surface area contributed by atoms with Crippen LogP contribution in [0.3, 0.4) is 0 Å². The van der Waals surface area contributed by atoms with Crippen LogP contribution >= 0.6 is 15.9 Å². The number of carbonyl (C=O) groups is 1. The third kappa shape index (κ3) is 2.67. The zero-order valence-electron chi connectivity index (χ0n) is 10.4. The molecule has 1 aromatic heterocycles. The van der Waals surface area contributed by atoms with Crippen molar-refractivity contribution < 1.29 is 4.79 Å². The Kier molecular flexibility index (Phi) is 3.43. The molecule has 0 saturated carbocycles. The average molecular weight is 328 g/mol. The number of nitrogens with zero attached hydrogens (tertiary/aromatic N) is 2. The lowest BCUT2D eigenvalue weighted by molar-refractivity contribution is 0.102. The molecule has 98 valence electrons. The van der Waals surface area contributed by atoms with Gasteiger partial charge in [0.05, 0.1) is 18.1 Å². The standard InChI is InChI=1S/C15H10BrN3O/c16-13-4-3-10-5-12(2-1-11(10)6-13)15(20)19-14-7-17-9-18-8-14/h1-9H,(H,19,20). The van der Waals surface area contributed by atoms with Crippen LogP contribution in [0, 0.1) is 0 Å². The summed E-state index contributed by atoms with van der Waals surface area (Å²) in [5.74, 6) is -0.176. The number of hydrogen-bond acceptors (Lipinski definition) is 3. The quantitative estimate of drug-likeness (QED) is 0.781. The van der Waals surface area contributed by atoms with E-state index in [0.29, 0.717) is 11.3 Å². The van der Waals surface area contributed by atoms with E-state index in [9.17, 15) is 4.79 Å². The van der Waals surface area contributed by atoms with E-state index >= 15 is 0 Å². The van der Waals surface area contributed by atoms with E-state index in [-0.39, 0.29) is 5.91 Å². The molecular weight excluding hydrogens is 318 g/mol. The summed E-state index contributed by atoms with van der Waals surface area (Å²) >= 11 is 3.43. The molecule has 0 aliphatic heterocycles. The molecule has 0 bridgehead atoms. The SMILES string of the molecule is O=C(Nc1cncnc1)c1ccc2cc(Br)ccc2c1. The maximum atomic E-state index is 12.1. The van der Waals surface area contributed by atoms with Crippen LogP contribution in [0.4, 0.5) is 5.69 Å². The van der Waals surface area contributed by atoms with Crippen molar-refractivity contribution in [3.63, 3.8) is 0 Å². The molecule has 0 aliphatic carbocycles. The molecule has 0 fully saturated rings. The molecular formula is C15H10BrN3O. The predicted octanol–water partition coefficient (Wildman–Crippen LogP) is 3.64. The van der Waals surface area contributed by atoms with Gasteiger partial charge in [0.1, 0.15) is 6.33 Å². The van der Waals surface area contributed by atoms with Gasteiger partial charge in [0.15, 0.2) is 0 Å². The van der Waals surface area contributed by atoms with Crippen molar-refractivity contribution in [1.82, 2.24) is 9.97 Å². The zero-order chi connectivity index (χ0) is 13.9. The third-order valence-corrected chi connectivity index (χ3v) is 3.38. The van der Waals surface area contributed by atoms with Crippen molar-refractivity contribution in [2.45, 2.75) is 0 Å². The van der Waals surface area contributed by atoms with Crippen LogP contribution in [-0.4, -0.2) is 15.9 Å². The molecule has 0 aliphatic rings. The monoisotopic (exact) mass is 327 g/mol. The summed E-state index contributed by atoms with van der Waals surface area (Å²) < 4.78 is 1.02.